The third-order valence-corrected chi connectivity index (χ3v) is 2.51. The summed E-state index contributed by atoms with van der Waals surface area (Å²) in [5, 5.41) is 8.37. The van der Waals surface area contributed by atoms with Crippen LogP contribution in [0.4, 0.5) is 0 Å². The van der Waals surface area contributed by atoms with Crippen molar-refractivity contribution in [3.05, 3.63) is 0 Å². The highest BCUT2D eigenvalue weighted by atomic mass is 16.6. The molecule has 0 amide bonds. The van der Waals surface area contributed by atoms with Gasteiger partial charge in [-0.25, -0.2) is 0 Å². The van der Waals surface area contributed by atoms with Gasteiger partial charge in [-0.1, -0.05) is 33.6 Å². The van der Waals surface area contributed by atoms with Crippen molar-refractivity contribution in [1.29, 1.82) is 0 Å². The Hall–Kier alpha value is -1.59. The van der Waals surface area contributed by atoms with Crippen LogP contribution in [-0.2, 0) is 23.9 Å². The second-order valence-electron chi connectivity index (χ2n) is 6.20. The molecule has 0 spiro atoms. The fraction of sp³-hybridized carbons (Fsp3) is 0.812. The minimum Gasteiger partial charge on any atom is -0.481 e. The lowest BCUT2D eigenvalue weighted by molar-refractivity contribution is -0.149. The summed E-state index contributed by atoms with van der Waals surface area (Å²) in [5.41, 5.74) is 0.392. The molecular formula is C16H30O6. The molecule has 0 fully saturated rings. The second-order valence-corrected chi connectivity index (χ2v) is 6.20. The highest BCUT2D eigenvalue weighted by Gasteiger charge is 2.08. The van der Waals surface area contributed by atoms with E-state index in [9.17, 15) is 14.4 Å². The van der Waals surface area contributed by atoms with Crippen molar-refractivity contribution in [3.63, 3.8) is 0 Å². The number of hydrogen-bond donors (Lipinski definition) is 1. The van der Waals surface area contributed by atoms with Gasteiger partial charge in [0.2, 0.25) is 0 Å². The number of rotatable bonds is 8. The van der Waals surface area contributed by atoms with Crippen LogP contribution in [0.15, 0.2) is 0 Å². The average molecular weight is 318 g/mol. The zero-order valence-electron chi connectivity index (χ0n) is 14.4. The third-order valence-electron chi connectivity index (χ3n) is 2.51. The Bertz CT molecular complexity index is 314. The molecule has 0 aliphatic heterocycles. The van der Waals surface area contributed by atoms with Gasteiger partial charge in [0.15, 0.2) is 0 Å². The van der Waals surface area contributed by atoms with Gasteiger partial charge in [-0.05, 0) is 18.3 Å². The molecule has 0 radical (unpaired) electrons. The van der Waals surface area contributed by atoms with E-state index in [2.05, 4.69) is 30.2 Å². The maximum Gasteiger partial charge on any atom is 0.303 e. The molecular weight excluding hydrogens is 288 g/mol. The topological polar surface area (TPSA) is 89.9 Å². The predicted octanol–water partition coefficient (Wildman–Crippen LogP) is 3.18. The molecule has 0 aliphatic carbocycles. The van der Waals surface area contributed by atoms with Gasteiger partial charge >= 0.3 is 17.9 Å². The summed E-state index contributed by atoms with van der Waals surface area (Å²) in [6.07, 6.45) is 4.53. The smallest absolute Gasteiger partial charge is 0.303 e. The van der Waals surface area contributed by atoms with Gasteiger partial charge in [0.05, 0.1) is 0 Å². The molecule has 0 aromatic heterocycles. The Morgan fingerprint density at radius 2 is 1.32 bits per heavy atom. The Labute approximate surface area is 133 Å². The zero-order chi connectivity index (χ0) is 17.6. The monoisotopic (exact) mass is 318 g/mol. The van der Waals surface area contributed by atoms with E-state index in [0.29, 0.717) is 11.8 Å². The van der Waals surface area contributed by atoms with Crippen molar-refractivity contribution in [2.75, 3.05) is 13.2 Å². The summed E-state index contributed by atoms with van der Waals surface area (Å²) in [7, 11) is 0. The van der Waals surface area contributed by atoms with E-state index >= 15 is 0 Å². The Morgan fingerprint density at radius 1 is 0.864 bits per heavy atom. The van der Waals surface area contributed by atoms with Gasteiger partial charge in [0.1, 0.15) is 13.2 Å². The molecule has 0 atom stereocenters. The molecule has 22 heavy (non-hydrogen) atoms. The van der Waals surface area contributed by atoms with Crippen molar-refractivity contribution in [2.45, 2.75) is 66.7 Å². The molecule has 0 aliphatic rings. The molecule has 0 unspecified atom stereocenters. The third kappa shape index (κ3) is 26.9. The van der Waals surface area contributed by atoms with E-state index in [1.165, 1.54) is 20.3 Å². The number of esters is 2. The molecule has 6 nitrogen and oxygen atoms in total. The number of aliphatic carboxylic acids is 1. The molecule has 0 aromatic rings. The van der Waals surface area contributed by atoms with Gasteiger partial charge in [-0.15, -0.1) is 0 Å². The van der Waals surface area contributed by atoms with E-state index < -0.39 is 5.97 Å². The van der Waals surface area contributed by atoms with E-state index in [1.807, 2.05) is 0 Å². The number of carboxylic acid groups (broad SMARTS) is 1. The quantitative estimate of drug-likeness (QED) is 0.546. The number of ether oxygens (including phenoxy) is 2. The summed E-state index contributed by atoms with van der Waals surface area (Å²) in [6, 6.07) is 0. The fourth-order valence-corrected chi connectivity index (χ4v) is 1.48. The van der Waals surface area contributed by atoms with Crippen LogP contribution in [0.25, 0.3) is 0 Å². The van der Waals surface area contributed by atoms with E-state index in [-0.39, 0.29) is 25.2 Å². The van der Waals surface area contributed by atoms with Crippen molar-refractivity contribution in [2.24, 2.45) is 5.41 Å². The van der Waals surface area contributed by atoms with Gasteiger partial charge in [0, 0.05) is 20.3 Å². The van der Waals surface area contributed by atoms with Gasteiger partial charge in [-0.2, -0.15) is 0 Å². The van der Waals surface area contributed by atoms with Crippen LogP contribution >= 0.6 is 0 Å². The standard InChI is InChI=1S/C10H20O2.C6H10O4/c1-10(2,3)8-6-4-5-7-9(11)12;1-5(7)9-3-4-10-6(2)8/h4-8H2,1-3H3,(H,11,12);3-4H2,1-2H3. The van der Waals surface area contributed by atoms with E-state index in [0.717, 1.165) is 19.3 Å². The van der Waals surface area contributed by atoms with Gasteiger partial charge in [-0.3, -0.25) is 14.4 Å². The number of unbranched alkanes of at least 4 members (excludes halogenated alkanes) is 2. The molecule has 130 valence electrons. The first-order valence-corrected chi connectivity index (χ1v) is 7.53. The van der Waals surface area contributed by atoms with E-state index in [4.69, 9.17) is 5.11 Å². The number of carbonyl (C=O) groups excluding carboxylic acids is 2. The number of carboxylic acids is 1. The summed E-state index contributed by atoms with van der Waals surface area (Å²) in [4.78, 5) is 30.4. The van der Waals surface area contributed by atoms with Crippen LogP contribution in [0, 0.1) is 5.41 Å². The van der Waals surface area contributed by atoms with Crippen molar-refractivity contribution in [3.8, 4) is 0 Å². The number of carbonyl (C=O) groups is 3. The minimum absolute atomic E-state index is 0.134. The molecule has 0 saturated carbocycles. The summed E-state index contributed by atoms with van der Waals surface area (Å²) < 4.78 is 8.95. The molecule has 0 bridgehead atoms. The largest absolute Gasteiger partial charge is 0.481 e. The fourth-order valence-electron chi connectivity index (χ4n) is 1.48. The molecule has 0 heterocycles. The van der Waals surface area contributed by atoms with Crippen LogP contribution in [0.5, 0.6) is 0 Å². The Balaban J connectivity index is 0. The lowest BCUT2D eigenvalue weighted by atomic mass is 9.89. The Morgan fingerprint density at radius 3 is 1.64 bits per heavy atom. The number of hydrogen-bond acceptors (Lipinski definition) is 5. The highest BCUT2D eigenvalue weighted by molar-refractivity contribution is 5.67. The van der Waals surface area contributed by atoms with Gasteiger partial charge in [0.25, 0.3) is 0 Å². The molecule has 1 N–H and O–H groups in total. The summed E-state index contributed by atoms with van der Waals surface area (Å²) >= 11 is 0. The SMILES string of the molecule is CC(=O)OCCOC(C)=O.CC(C)(C)CCCCCC(=O)O. The first-order valence-electron chi connectivity index (χ1n) is 7.53. The van der Waals surface area contributed by atoms with Gasteiger partial charge < -0.3 is 14.6 Å². The molecule has 0 rings (SSSR count). The molecule has 0 saturated heterocycles. The maximum absolute atomic E-state index is 10.2. The summed E-state index contributed by atoms with van der Waals surface area (Å²) in [6.45, 7) is 9.50. The van der Waals surface area contributed by atoms with Crippen LogP contribution in [-0.4, -0.2) is 36.2 Å². The summed E-state index contributed by atoms with van der Waals surface area (Å²) in [5.74, 6) is -1.41. The first-order chi connectivity index (χ1) is 10.0. The lowest BCUT2D eigenvalue weighted by Crippen LogP contribution is -2.09. The van der Waals surface area contributed by atoms with Crippen molar-refractivity contribution in [1.82, 2.24) is 0 Å². The van der Waals surface area contributed by atoms with Crippen LogP contribution < -0.4 is 0 Å². The van der Waals surface area contributed by atoms with E-state index in [1.54, 1.807) is 0 Å². The zero-order valence-corrected chi connectivity index (χ0v) is 14.4. The average Bonchev–Trinajstić information content (AvgIpc) is 2.33. The van der Waals surface area contributed by atoms with Crippen LogP contribution in [0.2, 0.25) is 0 Å². The predicted molar refractivity (Wildman–Crippen MR) is 83.4 cm³/mol. The highest BCUT2D eigenvalue weighted by Crippen LogP contribution is 2.22. The lowest BCUT2D eigenvalue weighted by Gasteiger charge is -2.17. The van der Waals surface area contributed by atoms with Crippen molar-refractivity contribution < 1.29 is 29.0 Å². The second kappa shape index (κ2) is 13.1. The van der Waals surface area contributed by atoms with Crippen molar-refractivity contribution >= 4 is 17.9 Å². The molecule has 6 heteroatoms. The Kier molecular flexibility index (Phi) is 13.5. The van der Waals surface area contributed by atoms with Crippen LogP contribution in [0.3, 0.4) is 0 Å². The first kappa shape index (κ1) is 22.7. The molecule has 0 aromatic carbocycles. The minimum atomic E-state index is -0.675. The maximum atomic E-state index is 10.2. The van der Waals surface area contributed by atoms with Crippen LogP contribution in [0.1, 0.15) is 66.7 Å². The normalized spacial score (nSPS) is 10.2.